The molecule has 0 radical (unpaired) electrons. The SMILES string of the molecule is O=C(OCCCCBr)c1cc([N+](=O)[O-])cc([N+](=O)[O-])c1. The molecule has 0 saturated heterocycles. The summed E-state index contributed by atoms with van der Waals surface area (Å²) in [6.45, 7) is 0.154. The van der Waals surface area contributed by atoms with E-state index in [0.29, 0.717) is 6.42 Å². The maximum Gasteiger partial charge on any atom is 0.338 e. The molecule has 8 nitrogen and oxygen atoms in total. The van der Waals surface area contributed by atoms with Gasteiger partial charge >= 0.3 is 5.97 Å². The molecule has 0 unspecified atom stereocenters. The minimum atomic E-state index is -0.814. The molecule has 0 heterocycles. The highest BCUT2D eigenvalue weighted by Crippen LogP contribution is 2.23. The second-order valence-electron chi connectivity index (χ2n) is 3.78. The third-order valence-corrected chi connectivity index (χ3v) is 2.88. The first-order valence-corrected chi connectivity index (χ1v) is 6.75. The van der Waals surface area contributed by atoms with Crippen LogP contribution in [0.25, 0.3) is 0 Å². The Morgan fingerprint density at radius 2 is 1.65 bits per heavy atom. The van der Waals surface area contributed by atoms with E-state index >= 15 is 0 Å². The second-order valence-corrected chi connectivity index (χ2v) is 4.58. The lowest BCUT2D eigenvalue weighted by Crippen LogP contribution is -2.08. The van der Waals surface area contributed by atoms with Gasteiger partial charge in [-0.05, 0) is 12.8 Å². The van der Waals surface area contributed by atoms with E-state index in [1.165, 1.54) is 0 Å². The molecule has 20 heavy (non-hydrogen) atoms. The van der Waals surface area contributed by atoms with Crippen molar-refractivity contribution in [2.24, 2.45) is 0 Å². The van der Waals surface area contributed by atoms with Crippen LogP contribution in [0.3, 0.4) is 0 Å². The molecule has 108 valence electrons. The molecule has 9 heteroatoms. The number of halogens is 1. The van der Waals surface area contributed by atoms with Crippen LogP contribution in [0.15, 0.2) is 18.2 Å². The molecule has 0 atom stereocenters. The van der Waals surface area contributed by atoms with Crippen LogP contribution in [-0.2, 0) is 4.74 Å². The van der Waals surface area contributed by atoms with Gasteiger partial charge in [0.2, 0.25) is 0 Å². The first-order valence-electron chi connectivity index (χ1n) is 5.62. The normalized spacial score (nSPS) is 10.1. The summed E-state index contributed by atoms with van der Waals surface area (Å²) in [7, 11) is 0. The largest absolute Gasteiger partial charge is 0.462 e. The molecule has 0 amide bonds. The Morgan fingerprint density at radius 3 is 2.10 bits per heavy atom. The van der Waals surface area contributed by atoms with Crippen molar-refractivity contribution in [1.82, 2.24) is 0 Å². The number of benzene rings is 1. The Labute approximate surface area is 122 Å². The van der Waals surface area contributed by atoms with E-state index < -0.39 is 27.2 Å². The lowest BCUT2D eigenvalue weighted by Gasteiger charge is -2.04. The monoisotopic (exact) mass is 346 g/mol. The van der Waals surface area contributed by atoms with E-state index in [1.807, 2.05) is 0 Å². The van der Waals surface area contributed by atoms with Crippen molar-refractivity contribution in [2.45, 2.75) is 12.8 Å². The molecule has 0 fully saturated rings. The second kappa shape index (κ2) is 7.53. The number of carbonyl (C=O) groups excluding carboxylic acids is 1. The zero-order chi connectivity index (χ0) is 15.1. The average molecular weight is 347 g/mol. The predicted octanol–water partition coefficient (Wildman–Crippen LogP) is 2.83. The van der Waals surface area contributed by atoms with Gasteiger partial charge in [0.1, 0.15) is 0 Å². The number of nitro groups is 2. The van der Waals surface area contributed by atoms with E-state index in [-0.39, 0.29) is 12.2 Å². The fourth-order valence-corrected chi connectivity index (χ4v) is 1.77. The number of hydrogen-bond acceptors (Lipinski definition) is 6. The van der Waals surface area contributed by atoms with Gasteiger partial charge in [-0.1, -0.05) is 15.9 Å². The molecule has 0 saturated carbocycles. The molecule has 0 aliphatic carbocycles. The number of rotatable bonds is 7. The highest BCUT2D eigenvalue weighted by molar-refractivity contribution is 9.09. The van der Waals surface area contributed by atoms with Crippen molar-refractivity contribution in [2.75, 3.05) is 11.9 Å². The smallest absolute Gasteiger partial charge is 0.338 e. The zero-order valence-electron chi connectivity index (χ0n) is 10.3. The van der Waals surface area contributed by atoms with Gasteiger partial charge in [-0.2, -0.15) is 0 Å². The summed E-state index contributed by atoms with van der Waals surface area (Å²) in [6, 6.07) is 2.71. The first kappa shape index (κ1) is 16.0. The van der Waals surface area contributed by atoms with Gasteiger partial charge in [0, 0.05) is 17.5 Å². The van der Waals surface area contributed by atoms with Crippen molar-refractivity contribution in [1.29, 1.82) is 0 Å². The molecule has 1 aromatic rings. The van der Waals surface area contributed by atoms with Crippen LogP contribution < -0.4 is 0 Å². The van der Waals surface area contributed by atoms with E-state index in [0.717, 1.165) is 30.0 Å². The van der Waals surface area contributed by atoms with Crippen molar-refractivity contribution < 1.29 is 19.4 Å². The number of hydrogen-bond donors (Lipinski definition) is 0. The third kappa shape index (κ3) is 4.57. The summed E-state index contributed by atoms with van der Waals surface area (Å²) < 4.78 is 4.89. The van der Waals surface area contributed by atoms with Crippen LogP contribution in [0.2, 0.25) is 0 Å². The minimum Gasteiger partial charge on any atom is -0.462 e. The van der Waals surface area contributed by atoms with Crippen LogP contribution in [0.4, 0.5) is 11.4 Å². The highest BCUT2D eigenvalue weighted by atomic mass is 79.9. The quantitative estimate of drug-likeness (QED) is 0.246. The van der Waals surface area contributed by atoms with Gasteiger partial charge in [0.05, 0.1) is 28.1 Å². The number of nitrogens with zero attached hydrogens (tertiary/aromatic N) is 2. The molecule has 0 aromatic heterocycles. The standard InChI is InChI=1S/C11H11BrN2O6/c12-3-1-2-4-20-11(15)8-5-9(13(16)17)7-10(6-8)14(18)19/h5-7H,1-4H2. The number of nitro benzene ring substituents is 2. The summed E-state index contributed by atoms with van der Waals surface area (Å²) in [4.78, 5) is 31.4. The molecule has 1 aromatic carbocycles. The Kier molecular flexibility index (Phi) is 6.04. The fourth-order valence-electron chi connectivity index (χ4n) is 1.37. The maximum atomic E-state index is 11.7. The summed E-state index contributed by atoms with van der Waals surface area (Å²) in [5.41, 5.74) is -1.25. The first-order chi connectivity index (χ1) is 9.45. The van der Waals surface area contributed by atoms with Gasteiger partial charge in [-0.15, -0.1) is 0 Å². The van der Waals surface area contributed by atoms with Gasteiger partial charge in [-0.3, -0.25) is 20.2 Å². The molecular formula is C11H11BrN2O6. The van der Waals surface area contributed by atoms with Gasteiger partial charge in [0.25, 0.3) is 11.4 Å². The van der Waals surface area contributed by atoms with Crippen molar-refractivity contribution in [3.05, 3.63) is 44.0 Å². The van der Waals surface area contributed by atoms with Crippen LogP contribution in [-0.4, -0.2) is 27.8 Å². The summed E-state index contributed by atoms with van der Waals surface area (Å²) in [6.07, 6.45) is 1.44. The van der Waals surface area contributed by atoms with Crippen LogP contribution in [0.1, 0.15) is 23.2 Å². The fraction of sp³-hybridized carbons (Fsp3) is 0.364. The molecule has 0 N–H and O–H groups in total. The van der Waals surface area contributed by atoms with E-state index in [4.69, 9.17) is 4.74 Å². The Balaban J connectivity index is 2.90. The van der Waals surface area contributed by atoms with Crippen LogP contribution >= 0.6 is 15.9 Å². The summed E-state index contributed by atoms with van der Waals surface area (Å²) >= 11 is 3.22. The average Bonchev–Trinajstić information content (AvgIpc) is 2.42. The molecule has 0 aliphatic heterocycles. The van der Waals surface area contributed by atoms with Crippen molar-refractivity contribution >= 4 is 33.3 Å². The number of alkyl halides is 1. The predicted molar refractivity (Wildman–Crippen MR) is 73.1 cm³/mol. The number of unbranched alkanes of at least 4 members (excludes halogenated alkanes) is 1. The molecule has 0 aliphatic rings. The molecule has 0 spiro atoms. The number of ether oxygens (including phenoxy) is 1. The highest BCUT2D eigenvalue weighted by Gasteiger charge is 2.20. The van der Waals surface area contributed by atoms with Crippen molar-refractivity contribution in [3.8, 4) is 0 Å². The third-order valence-electron chi connectivity index (χ3n) is 2.32. The topological polar surface area (TPSA) is 113 Å². The number of carbonyl (C=O) groups is 1. The summed E-state index contributed by atoms with van der Waals surface area (Å²) in [5, 5.41) is 22.1. The van der Waals surface area contributed by atoms with E-state index in [9.17, 15) is 25.0 Å². The Bertz CT molecular complexity index is 501. The van der Waals surface area contributed by atoms with Gasteiger partial charge < -0.3 is 4.74 Å². The molecule has 0 bridgehead atoms. The lowest BCUT2D eigenvalue weighted by molar-refractivity contribution is -0.394. The number of non-ortho nitro benzene ring substituents is 2. The Morgan fingerprint density at radius 1 is 1.10 bits per heavy atom. The zero-order valence-corrected chi connectivity index (χ0v) is 11.9. The van der Waals surface area contributed by atoms with Crippen molar-refractivity contribution in [3.63, 3.8) is 0 Å². The van der Waals surface area contributed by atoms with Crippen LogP contribution in [0, 0.1) is 20.2 Å². The lowest BCUT2D eigenvalue weighted by atomic mass is 10.2. The molecular weight excluding hydrogens is 336 g/mol. The van der Waals surface area contributed by atoms with Crippen LogP contribution in [0.5, 0.6) is 0 Å². The maximum absolute atomic E-state index is 11.7. The van der Waals surface area contributed by atoms with Gasteiger partial charge in [0.15, 0.2) is 0 Å². The minimum absolute atomic E-state index is 0.154. The Hall–Kier alpha value is -2.03. The summed E-state index contributed by atoms with van der Waals surface area (Å²) in [5.74, 6) is -0.814. The van der Waals surface area contributed by atoms with Gasteiger partial charge in [-0.25, -0.2) is 4.79 Å². The van der Waals surface area contributed by atoms with E-state index in [2.05, 4.69) is 15.9 Å². The molecule has 1 rings (SSSR count). The van der Waals surface area contributed by atoms with E-state index in [1.54, 1.807) is 0 Å². The number of esters is 1.